The van der Waals surface area contributed by atoms with Crippen molar-refractivity contribution in [1.29, 1.82) is 0 Å². The van der Waals surface area contributed by atoms with Gasteiger partial charge in [-0.2, -0.15) is 5.10 Å². The van der Waals surface area contributed by atoms with Gasteiger partial charge in [-0.25, -0.2) is 9.67 Å². The highest BCUT2D eigenvalue weighted by molar-refractivity contribution is 7.25. The van der Waals surface area contributed by atoms with Gasteiger partial charge in [0, 0.05) is 50.3 Å². The lowest BCUT2D eigenvalue weighted by Crippen LogP contribution is -1.95. The third-order valence-electron chi connectivity index (χ3n) is 5.24. The molecule has 31 heavy (non-hydrogen) atoms. The van der Waals surface area contributed by atoms with Crippen LogP contribution in [0, 0.1) is 0 Å². The van der Waals surface area contributed by atoms with Gasteiger partial charge in [-0.05, 0) is 35.9 Å². The molecule has 148 valence electrons. The highest BCUT2D eigenvalue weighted by Gasteiger charge is 2.09. The standard InChI is InChI=1S/C26H17N3OS/c1-2-9-24-22(8-1)23-12-11-18(14-25(23)31-24)19-16-28-29(17-19)20-6-5-7-21(15-20)30-26-10-3-4-13-27-26/h1-17H. The lowest BCUT2D eigenvalue weighted by molar-refractivity contribution is 0.462. The molecule has 6 rings (SSSR count). The minimum Gasteiger partial charge on any atom is -0.439 e. The lowest BCUT2D eigenvalue weighted by atomic mass is 10.1. The number of hydrogen-bond acceptors (Lipinski definition) is 4. The maximum Gasteiger partial charge on any atom is 0.219 e. The van der Waals surface area contributed by atoms with E-state index in [4.69, 9.17) is 4.74 Å². The Balaban J connectivity index is 1.33. The Hall–Kier alpha value is -3.96. The van der Waals surface area contributed by atoms with E-state index in [9.17, 15) is 0 Å². The fraction of sp³-hybridized carbons (Fsp3) is 0. The average molecular weight is 420 g/mol. The molecule has 0 amide bonds. The Morgan fingerprint density at radius 3 is 2.58 bits per heavy atom. The SMILES string of the molecule is c1ccc(Oc2cccc(-n3cc(-c4ccc5c(c4)sc4ccccc45)cn3)c2)nc1. The van der Waals surface area contributed by atoms with Crippen molar-refractivity contribution in [3.05, 3.63) is 104 Å². The first-order chi connectivity index (χ1) is 15.3. The van der Waals surface area contributed by atoms with Gasteiger partial charge >= 0.3 is 0 Å². The van der Waals surface area contributed by atoms with Gasteiger partial charge in [-0.1, -0.05) is 42.5 Å². The summed E-state index contributed by atoms with van der Waals surface area (Å²) in [6.07, 6.45) is 5.67. The highest BCUT2D eigenvalue weighted by Crippen LogP contribution is 2.36. The number of aromatic nitrogens is 3. The zero-order valence-electron chi connectivity index (χ0n) is 16.5. The molecule has 0 fully saturated rings. The number of thiophene rings is 1. The van der Waals surface area contributed by atoms with Crippen molar-refractivity contribution in [2.24, 2.45) is 0 Å². The van der Waals surface area contributed by atoms with Crippen LogP contribution in [0.15, 0.2) is 104 Å². The van der Waals surface area contributed by atoms with Crippen molar-refractivity contribution in [3.8, 4) is 28.4 Å². The van der Waals surface area contributed by atoms with Crippen LogP contribution in [0.3, 0.4) is 0 Å². The quantitative estimate of drug-likeness (QED) is 0.306. The molecule has 0 aliphatic carbocycles. The van der Waals surface area contributed by atoms with Gasteiger partial charge in [0.05, 0.1) is 11.9 Å². The molecule has 0 saturated heterocycles. The van der Waals surface area contributed by atoms with Crippen molar-refractivity contribution in [2.45, 2.75) is 0 Å². The van der Waals surface area contributed by atoms with E-state index >= 15 is 0 Å². The predicted octanol–water partition coefficient (Wildman–Crippen LogP) is 7.09. The van der Waals surface area contributed by atoms with Gasteiger partial charge in [-0.3, -0.25) is 0 Å². The smallest absolute Gasteiger partial charge is 0.219 e. The zero-order chi connectivity index (χ0) is 20.6. The molecule has 0 saturated carbocycles. The number of benzene rings is 3. The van der Waals surface area contributed by atoms with Gasteiger partial charge < -0.3 is 4.74 Å². The first-order valence-electron chi connectivity index (χ1n) is 9.99. The molecule has 0 aliphatic heterocycles. The van der Waals surface area contributed by atoms with E-state index in [2.05, 4.69) is 52.5 Å². The van der Waals surface area contributed by atoms with Gasteiger partial charge in [0.15, 0.2) is 0 Å². The molecule has 0 atom stereocenters. The summed E-state index contributed by atoms with van der Waals surface area (Å²) in [6.45, 7) is 0. The second kappa shape index (κ2) is 7.38. The number of nitrogens with zero attached hydrogens (tertiary/aromatic N) is 3. The normalized spacial score (nSPS) is 11.2. The summed E-state index contributed by atoms with van der Waals surface area (Å²) in [7, 11) is 0. The lowest BCUT2D eigenvalue weighted by Gasteiger charge is -2.07. The molecule has 0 bridgehead atoms. The maximum absolute atomic E-state index is 5.86. The van der Waals surface area contributed by atoms with E-state index < -0.39 is 0 Å². The van der Waals surface area contributed by atoms with Crippen LogP contribution in [0.5, 0.6) is 11.6 Å². The molecule has 4 nitrogen and oxygen atoms in total. The van der Waals surface area contributed by atoms with Crippen LogP contribution < -0.4 is 4.74 Å². The molecule has 6 aromatic rings. The van der Waals surface area contributed by atoms with E-state index in [0.29, 0.717) is 5.88 Å². The number of pyridine rings is 1. The first kappa shape index (κ1) is 17.9. The topological polar surface area (TPSA) is 39.9 Å². The molecule has 3 aromatic carbocycles. The Labute approximate surface area is 183 Å². The van der Waals surface area contributed by atoms with E-state index in [1.54, 1.807) is 6.20 Å². The molecule has 3 heterocycles. The van der Waals surface area contributed by atoms with Crippen LogP contribution >= 0.6 is 11.3 Å². The maximum atomic E-state index is 5.86. The van der Waals surface area contributed by atoms with Crippen LogP contribution in [0.1, 0.15) is 0 Å². The highest BCUT2D eigenvalue weighted by atomic mass is 32.1. The van der Waals surface area contributed by atoms with Crippen molar-refractivity contribution < 1.29 is 4.74 Å². The minimum atomic E-state index is 0.567. The zero-order valence-corrected chi connectivity index (χ0v) is 17.3. The molecule has 3 aromatic heterocycles. The molecule has 5 heteroatoms. The first-order valence-corrected chi connectivity index (χ1v) is 10.8. The van der Waals surface area contributed by atoms with E-state index in [-0.39, 0.29) is 0 Å². The number of hydrogen-bond donors (Lipinski definition) is 0. The Bertz CT molecular complexity index is 1520. The van der Waals surface area contributed by atoms with E-state index in [1.807, 2.05) is 70.9 Å². The van der Waals surface area contributed by atoms with Crippen LogP contribution in [-0.4, -0.2) is 14.8 Å². The molecular weight excluding hydrogens is 402 g/mol. The Morgan fingerprint density at radius 2 is 1.65 bits per heavy atom. The van der Waals surface area contributed by atoms with Crippen LogP contribution in [0.4, 0.5) is 0 Å². The molecule has 0 unspecified atom stereocenters. The van der Waals surface area contributed by atoms with Crippen molar-refractivity contribution in [1.82, 2.24) is 14.8 Å². The van der Waals surface area contributed by atoms with Crippen LogP contribution in [0.25, 0.3) is 37.0 Å². The summed E-state index contributed by atoms with van der Waals surface area (Å²) in [5.41, 5.74) is 3.17. The minimum absolute atomic E-state index is 0.567. The second-order valence-electron chi connectivity index (χ2n) is 7.25. The molecule has 0 radical (unpaired) electrons. The number of ether oxygens (including phenoxy) is 1. The molecule has 0 N–H and O–H groups in total. The Morgan fingerprint density at radius 1 is 0.742 bits per heavy atom. The van der Waals surface area contributed by atoms with Crippen LogP contribution in [-0.2, 0) is 0 Å². The molecular formula is C26H17N3OS. The van der Waals surface area contributed by atoms with Crippen molar-refractivity contribution in [2.75, 3.05) is 0 Å². The predicted molar refractivity (Wildman–Crippen MR) is 126 cm³/mol. The van der Waals surface area contributed by atoms with Gasteiger partial charge in [0.1, 0.15) is 5.75 Å². The summed E-state index contributed by atoms with van der Waals surface area (Å²) in [5, 5.41) is 7.20. The summed E-state index contributed by atoms with van der Waals surface area (Å²) in [6, 6.07) is 28.6. The number of rotatable bonds is 4. The monoisotopic (exact) mass is 419 g/mol. The Kier molecular flexibility index (Phi) is 4.25. The summed E-state index contributed by atoms with van der Waals surface area (Å²) in [4.78, 5) is 4.22. The van der Waals surface area contributed by atoms with Gasteiger partial charge in [-0.15, -0.1) is 11.3 Å². The summed E-state index contributed by atoms with van der Waals surface area (Å²) in [5.74, 6) is 1.29. The fourth-order valence-electron chi connectivity index (χ4n) is 3.74. The number of fused-ring (bicyclic) bond motifs is 3. The third-order valence-corrected chi connectivity index (χ3v) is 6.37. The summed E-state index contributed by atoms with van der Waals surface area (Å²) < 4.78 is 10.3. The van der Waals surface area contributed by atoms with Crippen molar-refractivity contribution in [3.63, 3.8) is 0 Å². The van der Waals surface area contributed by atoms with Crippen LogP contribution in [0.2, 0.25) is 0 Å². The van der Waals surface area contributed by atoms with E-state index in [0.717, 1.165) is 22.6 Å². The average Bonchev–Trinajstić information content (AvgIpc) is 3.45. The van der Waals surface area contributed by atoms with Gasteiger partial charge in [0.25, 0.3) is 0 Å². The second-order valence-corrected chi connectivity index (χ2v) is 8.33. The fourth-order valence-corrected chi connectivity index (χ4v) is 4.88. The van der Waals surface area contributed by atoms with Gasteiger partial charge in [0.2, 0.25) is 5.88 Å². The molecule has 0 aliphatic rings. The third kappa shape index (κ3) is 3.35. The summed E-state index contributed by atoms with van der Waals surface area (Å²) >= 11 is 1.83. The molecule has 0 spiro atoms. The van der Waals surface area contributed by atoms with E-state index in [1.165, 1.54) is 20.2 Å². The van der Waals surface area contributed by atoms with Crippen molar-refractivity contribution >= 4 is 31.5 Å². The largest absolute Gasteiger partial charge is 0.439 e.